The summed E-state index contributed by atoms with van der Waals surface area (Å²) in [5.41, 5.74) is -0.751. The number of aliphatic carboxylic acids is 1. The van der Waals surface area contributed by atoms with Crippen molar-refractivity contribution in [1.29, 1.82) is 0 Å². The van der Waals surface area contributed by atoms with Crippen molar-refractivity contribution in [3.05, 3.63) is 46.8 Å². The molecule has 0 unspecified atom stereocenters. The summed E-state index contributed by atoms with van der Waals surface area (Å²) in [6, 6.07) is 5.04. The summed E-state index contributed by atoms with van der Waals surface area (Å²) < 4.78 is 13.0. The van der Waals surface area contributed by atoms with E-state index in [1.165, 1.54) is 29.2 Å². The highest BCUT2D eigenvalue weighted by molar-refractivity contribution is 9.10. The fourth-order valence-corrected chi connectivity index (χ4v) is 8.21. The van der Waals surface area contributed by atoms with E-state index in [-0.39, 0.29) is 31.4 Å². The molecule has 16 heteroatoms. The summed E-state index contributed by atoms with van der Waals surface area (Å²) in [5.74, 6) is -2.66. The predicted molar refractivity (Wildman–Crippen MR) is 201 cm³/mol. The largest absolute Gasteiger partial charge is 0.488 e. The molecule has 282 valence electrons. The Bertz CT molecular complexity index is 1960. The summed E-state index contributed by atoms with van der Waals surface area (Å²) in [7, 11) is 0. The molecule has 5 atom stereocenters. The van der Waals surface area contributed by atoms with Crippen molar-refractivity contribution < 1.29 is 38.6 Å². The molecule has 0 radical (unpaired) electrons. The van der Waals surface area contributed by atoms with Gasteiger partial charge in [0.1, 0.15) is 41.3 Å². The summed E-state index contributed by atoms with van der Waals surface area (Å²) in [5, 5.41) is 21.0. The van der Waals surface area contributed by atoms with E-state index in [1.54, 1.807) is 32.2 Å². The van der Waals surface area contributed by atoms with Gasteiger partial charge in [-0.3, -0.25) is 14.4 Å². The topological polar surface area (TPSA) is 189 Å². The minimum Gasteiger partial charge on any atom is -0.488 e. The second-order valence-corrected chi connectivity index (χ2v) is 16.6. The van der Waals surface area contributed by atoms with Gasteiger partial charge in [-0.25, -0.2) is 19.6 Å². The van der Waals surface area contributed by atoms with Crippen molar-refractivity contribution in [2.45, 2.75) is 96.1 Å². The quantitative estimate of drug-likeness (QED) is 0.176. The number of pyridine rings is 1. The molecule has 4 amide bonds. The molecule has 0 spiro atoms. The molecule has 53 heavy (non-hydrogen) atoms. The van der Waals surface area contributed by atoms with Crippen molar-refractivity contribution in [3.8, 4) is 17.1 Å². The lowest BCUT2D eigenvalue weighted by Gasteiger charge is -2.35. The first-order chi connectivity index (χ1) is 25.1. The van der Waals surface area contributed by atoms with Gasteiger partial charge in [-0.2, -0.15) is 0 Å². The van der Waals surface area contributed by atoms with Crippen LogP contribution in [0.5, 0.6) is 5.75 Å². The Kier molecular flexibility index (Phi) is 10.8. The Morgan fingerprint density at radius 2 is 1.87 bits per heavy atom. The molecule has 14 nitrogen and oxygen atoms in total. The van der Waals surface area contributed by atoms with E-state index < -0.39 is 58.9 Å². The molecule has 3 heterocycles. The van der Waals surface area contributed by atoms with Crippen LogP contribution in [0.15, 0.2) is 46.8 Å². The lowest BCUT2D eigenvalue weighted by atomic mass is 9.85. The van der Waals surface area contributed by atoms with Crippen LogP contribution in [0.1, 0.15) is 66.2 Å². The van der Waals surface area contributed by atoms with Crippen LogP contribution in [0.4, 0.5) is 9.93 Å². The van der Waals surface area contributed by atoms with Gasteiger partial charge in [-0.1, -0.05) is 32.9 Å². The number of fused-ring (bicyclic) bond motifs is 1. The number of carboxylic acids is 1. The Morgan fingerprint density at radius 1 is 1.13 bits per heavy atom. The minimum atomic E-state index is -1.52. The molecule has 3 fully saturated rings. The molecule has 2 aromatic heterocycles. The molecule has 1 saturated heterocycles. The second kappa shape index (κ2) is 15.0. The number of carbonyl (C=O) groups excluding carboxylic acids is 4. The van der Waals surface area contributed by atoms with Gasteiger partial charge in [0.05, 0.1) is 17.8 Å². The molecule has 3 aliphatic rings. The maximum absolute atomic E-state index is 14.5. The van der Waals surface area contributed by atoms with Gasteiger partial charge < -0.3 is 35.4 Å². The number of carbonyl (C=O) groups is 5. The number of aromatic nitrogens is 2. The fourth-order valence-electron chi connectivity index (χ4n) is 7.01. The number of hydrogen-bond acceptors (Lipinski definition) is 10. The van der Waals surface area contributed by atoms with Gasteiger partial charge in [0.15, 0.2) is 5.13 Å². The summed E-state index contributed by atoms with van der Waals surface area (Å²) in [6.07, 6.45) is 3.49. The Balaban J connectivity index is 1.32. The Labute approximate surface area is 319 Å². The van der Waals surface area contributed by atoms with E-state index in [1.807, 2.05) is 18.2 Å². The highest BCUT2D eigenvalue weighted by Gasteiger charge is 2.61. The van der Waals surface area contributed by atoms with Crippen molar-refractivity contribution in [2.75, 3.05) is 11.9 Å². The fraction of sp³-hybridized carbons (Fsp3) is 0.486. The molecular formula is C37H43BrN6O8S. The summed E-state index contributed by atoms with van der Waals surface area (Å²) >= 11 is 4.83. The zero-order valence-electron chi connectivity index (χ0n) is 29.9. The lowest BCUT2D eigenvalue weighted by molar-refractivity contribution is -0.146. The number of thiazole rings is 1. The van der Waals surface area contributed by atoms with E-state index >= 15 is 0 Å². The van der Waals surface area contributed by atoms with Crippen LogP contribution in [0, 0.1) is 11.3 Å². The molecule has 6 rings (SSSR count). The second-order valence-electron chi connectivity index (χ2n) is 14.9. The number of hydrogen-bond donors (Lipinski definition) is 4. The third-order valence-electron chi connectivity index (χ3n) is 9.92. The number of benzene rings is 1. The predicted octanol–water partition coefficient (Wildman–Crippen LogP) is 5.66. The SMILES string of the molecule is C=C[C@@H]1C[C@]1(NC(=O)[C@@H]1C[C@@H](Oc2cc(-c3csc(NC(C)=O)n3)nc3c(Br)cccc23)CN1C(=O)[C@@H](NC(=O)OC1CCCC1)C(C)(C)C)C(=O)O. The number of ether oxygens (including phenoxy) is 2. The van der Waals surface area contributed by atoms with Crippen molar-refractivity contribution in [3.63, 3.8) is 0 Å². The summed E-state index contributed by atoms with van der Waals surface area (Å²) in [4.78, 5) is 76.3. The number of alkyl carbamates (subject to hydrolysis) is 1. The standard InChI is InChI=1S/C37H43BrN6O8S/c1-6-20-16-37(20,33(48)49)43-31(46)27-14-22(17-44(27)32(47)30(36(3,4)5)42-35(50)52-21-10-7-8-11-21)51-28-15-25(26-18-53-34(41-26)39-19(2)45)40-29-23(28)12-9-13-24(29)38/h6,9,12-13,15,18,20-22,27,30H,1,7-8,10-11,14,16-17H2,2-5H3,(H,42,50)(H,43,46)(H,48,49)(H,39,41,45)/t20-,22-,27+,30-,37-/m1/s1. The number of para-hydroxylation sites is 1. The number of amides is 4. The molecule has 4 N–H and O–H groups in total. The number of halogens is 1. The van der Waals surface area contributed by atoms with Crippen LogP contribution in [-0.4, -0.2) is 86.1 Å². The van der Waals surface area contributed by atoms with E-state index in [9.17, 15) is 29.1 Å². The molecule has 2 aliphatic carbocycles. The Morgan fingerprint density at radius 3 is 2.51 bits per heavy atom. The van der Waals surface area contributed by atoms with Crippen LogP contribution in [0.2, 0.25) is 0 Å². The maximum atomic E-state index is 14.5. The van der Waals surface area contributed by atoms with Gasteiger partial charge >= 0.3 is 12.1 Å². The van der Waals surface area contributed by atoms with E-state index in [0.717, 1.165) is 25.7 Å². The maximum Gasteiger partial charge on any atom is 0.408 e. The monoisotopic (exact) mass is 810 g/mol. The first kappa shape index (κ1) is 38.2. The third kappa shape index (κ3) is 8.17. The number of nitrogens with one attached hydrogen (secondary N) is 3. The molecule has 2 saturated carbocycles. The zero-order chi connectivity index (χ0) is 38.2. The number of carboxylic acid groups (broad SMARTS) is 1. The van der Waals surface area contributed by atoms with Crippen LogP contribution < -0.4 is 20.7 Å². The average Bonchev–Trinajstić information content (AvgIpc) is 3.50. The van der Waals surface area contributed by atoms with Crippen molar-refractivity contribution in [1.82, 2.24) is 25.5 Å². The van der Waals surface area contributed by atoms with Crippen LogP contribution in [0.25, 0.3) is 22.3 Å². The van der Waals surface area contributed by atoms with Gasteiger partial charge in [0.25, 0.3) is 0 Å². The average molecular weight is 812 g/mol. The highest BCUT2D eigenvalue weighted by atomic mass is 79.9. The summed E-state index contributed by atoms with van der Waals surface area (Å²) in [6.45, 7) is 10.5. The minimum absolute atomic E-state index is 0.0337. The molecule has 0 bridgehead atoms. The van der Waals surface area contributed by atoms with Crippen LogP contribution >= 0.6 is 27.3 Å². The third-order valence-corrected chi connectivity index (χ3v) is 11.3. The van der Waals surface area contributed by atoms with Crippen LogP contribution in [0.3, 0.4) is 0 Å². The number of rotatable bonds is 11. The zero-order valence-corrected chi connectivity index (χ0v) is 32.3. The number of likely N-dealkylation sites (tertiary alicyclic amines) is 1. The molecular weight excluding hydrogens is 768 g/mol. The Hall–Kier alpha value is -4.57. The normalized spacial score (nSPS) is 23.3. The molecule has 3 aromatic rings. The van der Waals surface area contributed by atoms with E-state index in [0.29, 0.717) is 37.6 Å². The van der Waals surface area contributed by atoms with Crippen molar-refractivity contribution in [2.24, 2.45) is 11.3 Å². The first-order valence-electron chi connectivity index (χ1n) is 17.5. The van der Waals surface area contributed by atoms with Crippen LogP contribution in [-0.2, 0) is 23.9 Å². The lowest BCUT2D eigenvalue weighted by Crippen LogP contribution is -2.59. The first-order valence-corrected chi connectivity index (χ1v) is 19.2. The van der Waals surface area contributed by atoms with Gasteiger partial charge in [0, 0.05) is 40.6 Å². The molecule has 1 aliphatic heterocycles. The van der Waals surface area contributed by atoms with E-state index in [4.69, 9.17) is 14.5 Å². The van der Waals surface area contributed by atoms with Gasteiger partial charge in [-0.05, 0) is 65.6 Å². The number of nitrogens with zero attached hydrogens (tertiary/aromatic N) is 3. The van der Waals surface area contributed by atoms with Gasteiger partial charge in [-0.15, -0.1) is 17.9 Å². The van der Waals surface area contributed by atoms with Crippen molar-refractivity contribution >= 4 is 73.1 Å². The highest BCUT2D eigenvalue weighted by Crippen LogP contribution is 2.45. The number of anilines is 1. The smallest absolute Gasteiger partial charge is 0.408 e. The molecule has 1 aromatic carbocycles. The van der Waals surface area contributed by atoms with Gasteiger partial charge in [0.2, 0.25) is 17.7 Å². The van der Waals surface area contributed by atoms with E-state index in [2.05, 4.69) is 43.4 Å².